The minimum atomic E-state index is -0.278. The lowest BCUT2D eigenvalue weighted by Gasteiger charge is -2.48. The summed E-state index contributed by atoms with van der Waals surface area (Å²) in [6, 6.07) is 15.1. The lowest BCUT2D eigenvalue weighted by molar-refractivity contribution is -0.137. The molecule has 1 saturated heterocycles. The van der Waals surface area contributed by atoms with Crippen molar-refractivity contribution in [2.24, 2.45) is 11.3 Å². The number of hydrogen-bond donors (Lipinski definition) is 1. The van der Waals surface area contributed by atoms with Crippen LogP contribution >= 0.6 is 11.6 Å². The van der Waals surface area contributed by atoms with Gasteiger partial charge in [0, 0.05) is 49.5 Å². The first-order chi connectivity index (χ1) is 21.9. The number of anilines is 1. The van der Waals surface area contributed by atoms with E-state index in [-0.39, 0.29) is 29.2 Å². The third kappa shape index (κ3) is 7.89. The monoisotopic (exact) mass is 634 g/mol. The fraction of sp³-hybridized carbons (Fsp3) is 0.583. The van der Waals surface area contributed by atoms with Crippen molar-refractivity contribution in [2.45, 2.75) is 102 Å². The normalized spacial score (nSPS) is 23.0. The maximum absolute atomic E-state index is 14.3. The summed E-state index contributed by atoms with van der Waals surface area (Å²) < 4.78 is 15.5. The fourth-order valence-electron chi connectivity index (χ4n) is 8.32. The average molecular weight is 635 g/mol. The highest BCUT2D eigenvalue weighted by molar-refractivity contribution is 6.30. The molecule has 3 fully saturated rings. The number of nitrogens with zero attached hydrogens (tertiary/aromatic N) is 5. The van der Waals surface area contributed by atoms with Crippen LogP contribution in [-0.4, -0.2) is 63.8 Å². The summed E-state index contributed by atoms with van der Waals surface area (Å²) in [5.74, 6) is 0.687. The minimum Gasteiger partial charge on any atom is -0.372 e. The number of hydrogen-bond acceptors (Lipinski definition) is 5. The molecule has 9 heteroatoms. The van der Waals surface area contributed by atoms with Crippen LogP contribution in [0.15, 0.2) is 61.2 Å². The predicted molar refractivity (Wildman–Crippen MR) is 178 cm³/mol. The molecule has 2 saturated carbocycles. The maximum atomic E-state index is 14.3. The van der Waals surface area contributed by atoms with Gasteiger partial charge in [-0.3, -0.25) is 9.48 Å². The zero-order valence-electron chi connectivity index (χ0n) is 26.6. The van der Waals surface area contributed by atoms with Gasteiger partial charge in [-0.15, -0.1) is 0 Å². The zero-order chi connectivity index (χ0) is 31.2. The summed E-state index contributed by atoms with van der Waals surface area (Å²) in [5.41, 5.74) is 2.33. The molecule has 1 amide bonds. The number of rotatable bonds is 10. The molecule has 0 bridgehead atoms. The molecule has 2 heterocycles. The van der Waals surface area contributed by atoms with Crippen molar-refractivity contribution in [2.75, 3.05) is 25.0 Å². The van der Waals surface area contributed by atoms with Gasteiger partial charge < -0.3 is 15.1 Å². The van der Waals surface area contributed by atoms with Gasteiger partial charge in [0.25, 0.3) is 0 Å². The molecule has 1 atom stereocenters. The second-order valence-corrected chi connectivity index (χ2v) is 14.2. The summed E-state index contributed by atoms with van der Waals surface area (Å²) in [4.78, 5) is 22.9. The van der Waals surface area contributed by atoms with E-state index in [1.807, 2.05) is 47.4 Å². The number of halogens is 2. The molecule has 3 aliphatic rings. The Bertz CT molecular complexity index is 1350. The van der Waals surface area contributed by atoms with Crippen molar-refractivity contribution in [3.8, 4) is 0 Å². The van der Waals surface area contributed by atoms with E-state index in [1.165, 1.54) is 44.2 Å². The van der Waals surface area contributed by atoms with Gasteiger partial charge >= 0.3 is 0 Å². The molecular weight excluding hydrogens is 587 g/mol. The highest BCUT2D eigenvalue weighted by Gasteiger charge is 2.44. The van der Waals surface area contributed by atoms with Crippen molar-refractivity contribution >= 4 is 23.2 Å². The molecule has 3 aromatic rings. The van der Waals surface area contributed by atoms with E-state index in [0.29, 0.717) is 23.4 Å². The molecule has 1 aliphatic heterocycles. The molecule has 0 radical (unpaired) electrons. The Balaban J connectivity index is 1.11. The smallest absolute Gasteiger partial charge is 0.240 e. The van der Waals surface area contributed by atoms with Crippen molar-refractivity contribution < 1.29 is 9.18 Å². The number of piperidine rings is 1. The second-order valence-electron chi connectivity index (χ2n) is 13.8. The molecule has 1 aromatic heterocycles. The van der Waals surface area contributed by atoms with Gasteiger partial charge in [-0.1, -0.05) is 43.0 Å². The van der Waals surface area contributed by atoms with Crippen LogP contribution in [0, 0.1) is 17.2 Å². The number of carbonyl (C=O) groups is 1. The third-order valence-corrected chi connectivity index (χ3v) is 11.3. The molecule has 1 N–H and O–H groups in total. The second kappa shape index (κ2) is 14.6. The van der Waals surface area contributed by atoms with Gasteiger partial charge in [-0.05, 0) is 111 Å². The van der Waals surface area contributed by atoms with Crippen LogP contribution in [0.25, 0.3) is 0 Å². The molecule has 2 aliphatic carbocycles. The Kier molecular flexibility index (Phi) is 10.4. The van der Waals surface area contributed by atoms with Crippen LogP contribution in [0.1, 0.15) is 76.2 Å². The third-order valence-electron chi connectivity index (χ3n) is 11.1. The number of likely N-dealkylation sites (tertiary alicyclic amines) is 1. The fourth-order valence-corrected chi connectivity index (χ4v) is 8.44. The van der Waals surface area contributed by atoms with Gasteiger partial charge in [0.05, 0.1) is 6.04 Å². The number of carbonyl (C=O) groups excluding carboxylic acids is 1. The quantitative estimate of drug-likeness (QED) is 0.263. The van der Waals surface area contributed by atoms with Crippen LogP contribution in [0.5, 0.6) is 0 Å². The molecule has 242 valence electrons. The Morgan fingerprint density at radius 2 is 1.69 bits per heavy atom. The summed E-state index contributed by atoms with van der Waals surface area (Å²) in [5, 5.41) is 9.01. The molecule has 0 unspecified atom stereocenters. The molecule has 2 aromatic carbocycles. The first-order valence-corrected chi connectivity index (χ1v) is 17.4. The van der Waals surface area contributed by atoms with Crippen molar-refractivity contribution in [3.63, 3.8) is 0 Å². The number of benzene rings is 2. The Morgan fingerprint density at radius 1 is 1.00 bits per heavy atom. The van der Waals surface area contributed by atoms with E-state index in [0.717, 1.165) is 69.4 Å². The lowest BCUT2D eigenvalue weighted by atomic mass is 9.63. The van der Waals surface area contributed by atoms with Crippen molar-refractivity contribution in [1.29, 1.82) is 0 Å². The van der Waals surface area contributed by atoms with Crippen LogP contribution in [0.3, 0.4) is 0 Å². The van der Waals surface area contributed by atoms with Crippen LogP contribution in [0.2, 0.25) is 5.02 Å². The van der Waals surface area contributed by atoms with Gasteiger partial charge in [0.1, 0.15) is 18.5 Å². The van der Waals surface area contributed by atoms with Crippen molar-refractivity contribution in [1.82, 2.24) is 25.0 Å². The number of aromatic nitrogens is 3. The Morgan fingerprint density at radius 3 is 2.33 bits per heavy atom. The minimum absolute atomic E-state index is 0.166. The SMILES string of the molecule is CN(c1ccc(F)cc1)C1CCC(N[C@H](Cc2ccc(Cl)cc2)C(=O)N2CCC(Cn3cncn3)(C3CCCCC3)CC2)CC1. The molecule has 6 rings (SSSR count). The molecule has 0 spiro atoms. The topological polar surface area (TPSA) is 66.3 Å². The van der Waals surface area contributed by atoms with E-state index < -0.39 is 0 Å². The Hall–Kier alpha value is -2.97. The van der Waals surface area contributed by atoms with Crippen LogP contribution in [-0.2, 0) is 17.8 Å². The number of nitrogens with one attached hydrogen (secondary N) is 1. The van der Waals surface area contributed by atoms with E-state index in [9.17, 15) is 9.18 Å². The highest BCUT2D eigenvalue weighted by atomic mass is 35.5. The highest BCUT2D eigenvalue weighted by Crippen LogP contribution is 2.47. The summed E-state index contributed by atoms with van der Waals surface area (Å²) >= 11 is 6.20. The molecule has 45 heavy (non-hydrogen) atoms. The first-order valence-electron chi connectivity index (χ1n) is 17.0. The molecular formula is C36H48ClFN6O. The summed E-state index contributed by atoms with van der Waals surface area (Å²) in [7, 11) is 2.10. The van der Waals surface area contributed by atoms with Gasteiger partial charge in [-0.2, -0.15) is 5.10 Å². The summed E-state index contributed by atoms with van der Waals surface area (Å²) in [6.45, 7) is 2.47. The Labute approximate surface area is 272 Å². The number of amides is 1. The van der Waals surface area contributed by atoms with Gasteiger partial charge in [-0.25, -0.2) is 9.37 Å². The zero-order valence-corrected chi connectivity index (χ0v) is 27.3. The van der Waals surface area contributed by atoms with E-state index in [4.69, 9.17) is 11.6 Å². The van der Waals surface area contributed by atoms with Crippen LogP contribution < -0.4 is 10.2 Å². The first kappa shape index (κ1) is 32.0. The van der Waals surface area contributed by atoms with E-state index >= 15 is 0 Å². The van der Waals surface area contributed by atoms with Crippen LogP contribution in [0.4, 0.5) is 10.1 Å². The van der Waals surface area contributed by atoms with E-state index in [1.54, 1.807) is 6.33 Å². The largest absolute Gasteiger partial charge is 0.372 e. The van der Waals surface area contributed by atoms with E-state index in [2.05, 4.69) is 32.2 Å². The summed E-state index contributed by atoms with van der Waals surface area (Å²) in [6.07, 6.45) is 16.7. The molecule has 7 nitrogen and oxygen atoms in total. The van der Waals surface area contributed by atoms with Gasteiger partial charge in [0.2, 0.25) is 5.91 Å². The van der Waals surface area contributed by atoms with Gasteiger partial charge in [0.15, 0.2) is 0 Å². The maximum Gasteiger partial charge on any atom is 0.240 e. The standard InChI is InChI=1S/C36H48ClFN6O/c1-42(32-15-11-30(38)12-16-32)33-17-13-31(14-18-33)41-34(23-27-7-9-29(37)10-8-27)35(45)43-21-19-36(20-22-43,24-44-26-39-25-40-44)28-5-3-2-4-6-28/h7-12,15-16,25-26,28,31,33-34,41H,2-6,13-14,17-24H2,1H3/t31?,33?,34-/m1/s1. The lowest BCUT2D eigenvalue weighted by Crippen LogP contribution is -2.56. The predicted octanol–water partition coefficient (Wildman–Crippen LogP) is 6.91. The average Bonchev–Trinajstić information content (AvgIpc) is 3.59. The van der Waals surface area contributed by atoms with Crippen molar-refractivity contribution in [3.05, 3.63) is 77.6 Å².